The smallest absolute Gasteiger partial charge is 0.273 e. The number of carbonyl (C=O) groups is 1. The van der Waals surface area contributed by atoms with Gasteiger partial charge >= 0.3 is 0 Å². The lowest BCUT2D eigenvalue weighted by Gasteiger charge is -2.34. The molecule has 0 heterocycles. The third-order valence-corrected chi connectivity index (χ3v) is 4.69. The molecule has 126 valence electrons. The van der Waals surface area contributed by atoms with Crippen LogP contribution in [0.4, 0.5) is 0 Å². The summed E-state index contributed by atoms with van der Waals surface area (Å²) in [7, 11) is 1.54. The highest BCUT2D eigenvalue weighted by Gasteiger charge is 2.28. The van der Waals surface area contributed by atoms with Crippen LogP contribution in [0.15, 0.2) is 35.4 Å². The third-order valence-electron chi connectivity index (χ3n) is 4.69. The fraction of sp³-hybridized carbons (Fsp3) is 0.579. The molecule has 1 N–H and O–H groups in total. The molecule has 1 fully saturated rings. The van der Waals surface area contributed by atoms with Gasteiger partial charge in [-0.1, -0.05) is 51.1 Å². The van der Waals surface area contributed by atoms with Crippen molar-refractivity contribution >= 4 is 11.6 Å². The maximum Gasteiger partial charge on any atom is 0.273 e. The summed E-state index contributed by atoms with van der Waals surface area (Å²) in [6, 6.07) is 9.48. The number of hydrogen-bond donors (Lipinski definition) is 1. The van der Waals surface area contributed by atoms with Crippen molar-refractivity contribution in [3.05, 3.63) is 35.9 Å². The Labute approximate surface area is 139 Å². The summed E-state index contributed by atoms with van der Waals surface area (Å²) in [6.07, 6.45) is 3.59. The Kier molecular flexibility index (Phi) is 5.94. The summed E-state index contributed by atoms with van der Waals surface area (Å²) in [4.78, 5) is 12.3. The lowest BCUT2D eigenvalue weighted by molar-refractivity contribution is -0.131. The van der Waals surface area contributed by atoms with Crippen molar-refractivity contribution in [2.24, 2.45) is 16.4 Å². The maximum atomic E-state index is 12.3. The summed E-state index contributed by atoms with van der Waals surface area (Å²) < 4.78 is 5.32. The van der Waals surface area contributed by atoms with Crippen molar-refractivity contribution in [3.63, 3.8) is 0 Å². The predicted octanol–water partition coefficient (Wildman–Crippen LogP) is 4.08. The molecule has 0 radical (unpaired) electrons. The highest BCUT2D eigenvalue weighted by molar-refractivity contribution is 5.88. The van der Waals surface area contributed by atoms with Crippen molar-refractivity contribution in [3.8, 4) is 0 Å². The first kappa shape index (κ1) is 17.7. The van der Waals surface area contributed by atoms with Gasteiger partial charge in [0, 0.05) is 12.8 Å². The number of carbonyl (C=O) groups excluding carboxylic acids is 1. The van der Waals surface area contributed by atoms with Gasteiger partial charge in [-0.3, -0.25) is 4.79 Å². The Morgan fingerprint density at radius 1 is 1.22 bits per heavy atom. The highest BCUT2D eigenvalue weighted by Crippen LogP contribution is 2.36. The Morgan fingerprint density at radius 3 is 2.35 bits per heavy atom. The average molecular weight is 316 g/mol. The molecule has 23 heavy (non-hydrogen) atoms. The topological polar surface area (TPSA) is 50.7 Å². The molecule has 1 aliphatic carbocycles. The van der Waals surface area contributed by atoms with E-state index in [0.717, 1.165) is 42.9 Å². The van der Waals surface area contributed by atoms with Crippen molar-refractivity contribution in [2.45, 2.75) is 52.6 Å². The number of rotatable bonds is 4. The van der Waals surface area contributed by atoms with Crippen LogP contribution in [0.3, 0.4) is 0 Å². The largest absolute Gasteiger partial charge is 0.367 e. The zero-order valence-corrected chi connectivity index (χ0v) is 14.6. The first-order valence-corrected chi connectivity index (χ1v) is 8.35. The van der Waals surface area contributed by atoms with Gasteiger partial charge in [-0.15, -0.1) is 0 Å². The van der Waals surface area contributed by atoms with E-state index >= 15 is 0 Å². The van der Waals surface area contributed by atoms with Crippen LogP contribution < -0.4 is 5.43 Å². The van der Waals surface area contributed by atoms with Gasteiger partial charge in [0.15, 0.2) is 6.10 Å². The van der Waals surface area contributed by atoms with Crippen molar-refractivity contribution in [2.75, 3.05) is 7.11 Å². The van der Waals surface area contributed by atoms with Gasteiger partial charge in [0.1, 0.15) is 0 Å². The molecule has 1 atom stereocenters. The van der Waals surface area contributed by atoms with Gasteiger partial charge in [0.2, 0.25) is 0 Å². The molecular formula is C19H28N2O2. The Balaban J connectivity index is 1.91. The average Bonchev–Trinajstić information content (AvgIpc) is 2.54. The minimum Gasteiger partial charge on any atom is -0.367 e. The fourth-order valence-corrected chi connectivity index (χ4v) is 3.14. The van der Waals surface area contributed by atoms with Crippen LogP contribution >= 0.6 is 0 Å². The molecule has 0 bridgehead atoms. The summed E-state index contributed by atoms with van der Waals surface area (Å²) in [5.74, 6) is 0.511. The van der Waals surface area contributed by atoms with E-state index in [2.05, 4.69) is 31.3 Å². The molecule has 2 rings (SSSR count). The molecule has 4 heteroatoms. The molecule has 0 unspecified atom stereocenters. The first-order valence-electron chi connectivity index (χ1n) is 8.35. The lowest BCUT2D eigenvalue weighted by atomic mass is 9.72. The van der Waals surface area contributed by atoms with Crippen LogP contribution in [-0.2, 0) is 9.53 Å². The summed E-state index contributed by atoms with van der Waals surface area (Å²) >= 11 is 0. The minimum absolute atomic E-state index is 0.218. The van der Waals surface area contributed by atoms with Crippen LogP contribution in [-0.4, -0.2) is 18.7 Å². The SMILES string of the molecule is CO[C@H](C(=O)NN=C1CCC(C(C)(C)C)CC1)c1ccccc1. The molecule has 1 saturated carbocycles. The molecule has 4 nitrogen and oxygen atoms in total. The molecule has 0 aromatic heterocycles. The van der Waals surface area contributed by atoms with E-state index in [-0.39, 0.29) is 5.91 Å². The van der Waals surface area contributed by atoms with Gasteiger partial charge in [-0.2, -0.15) is 5.10 Å². The van der Waals surface area contributed by atoms with E-state index in [1.165, 1.54) is 0 Å². The van der Waals surface area contributed by atoms with Crippen molar-refractivity contribution in [1.29, 1.82) is 0 Å². The summed E-state index contributed by atoms with van der Waals surface area (Å²) in [6.45, 7) is 6.89. The van der Waals surface area contributed by atoms with Crippen molar-refractivity contribution in [1.82, 2.24) is 5.43 Å². The number of hydrogen-bond acceptors (Lipinski definition) is 3. The number of ether oxygens (including phenoxy) is 1. The highest BCUT2D eigenvalue weighted by atomic mass is 16.5. The molecule has 1 aliphatic rings. The normalized spacial score (nSPS) is 20.0. The molecule has 0 saturated heterocycles. The number of nitrogens with zero attached hydrogens (tertiary/aromatic N) is 1. The van der Waals surface area contributed by atoms with E-state index in [4.69, 9.17) is 4.74 Å². The third kappa shape index (κ3) is 4.90. The van der Waals surface area contributed by atoms with Crippen LogP contribution in [0.2, 0.25) is 0 Å². The number of hydrazone groups is 1. The second-order valence-corrected chi connectivity index (χ2v) is 7.32. The zero-order valence-electron chi connectivity index (χ0n) is 14.6. The fourth-order valence-electron chi connectivity index (χ4n) is 3.14. The van der Waals surface area contributed by atoms with Crippen LogP contribution in [0.25, 0.3) is 0 Å². The van der Waals surface area contributed by atoms with E-state index in [1.54, 1.807) is 7.11 Å². The quantitative estimate of drug-likeness (QED) is 0.851. The molecular weight excluding hydrogens is 288 g/mol. The molecule has 0 spiro atoms. The second kappa shape index (κ2) is 7.73. The van der Waals surface area contributed by atoms with E-state index in [9.17, 15) is 4.79 Å². The van der Waals surface area contributed by atoms with Crippen LogP contribution in [0, 0.1) is 11.3 Å². The number of benzene rings is 1. The second-order valence-electron chi connectivity index (χ2n) is 7.32. The van der Waals surface area contributed by atoms with Crippen LogP contribution in [0.5, 0.6) is 0 Å². The zero-order chi connectivity index (χ0) is 16.9. The monoisotopic (exact) mass is 316 g/mol. The Hall–Kier alpha value is -1.68. The Bertz CT molecular complexity index is 536. The number of amides is 1. The van der Waals surface area contributed by atoms with Gasteiger partial charge in [-0.05, 0) is 42.6 Å². The first-order chi connectivity index (χ1) is 10.9. The van der Waals surface area contributed by atoms with E-state index < -0.39 is 6.10 Å². The lowest BCUT2D eigenvalue weighted by Crippen LogP contribution is -2.30. The standard InChI is InChI=1S/C19H28N2O2/c1-19(2,3)15-10-12-16(13-11-15)20-21-18(22)17(23-4)14-8-6-5-7-9-14/h5-9,15,17H,10-13H2,1-4H3,(H,21,22)/t15?,17-/m0/s1. The number of nitrogens with one attached hydrogen (secondary N) is 1. The predicted molar refractivity (Wildman–Crippen MR) is 93.2 cm³/mol. The Morgan fingerprint density at radius 2 is 1.83 bits per heavy atom. The van der Waals surface area contributed by atoms with Gasteiger partial charge in [-0.25, -0.2) is 5.43 Å². The van der Waals surface area contributed by atoms with E-state index in [1.807, 2.05) is 30.3 Å². The molecule has 0 aliphatic heterocycles. The van der Waals surface area contributed by atoms with Gasteiger partial charge in [0.25, 0.3) is 5.91 Å². The summed E-state index contributed by atoms with van der Waals surface area (Å²) in [5.41, 5.74) is 4.95. The molecule has 1 aromatic rings. The van der Waals surface area contributed by atoms with Gasteiger partial charge in [0.05, 0.1) is 0 Å². The summed E-state index contributed by atoms with van der Waals surface area (Å²) in [5, 5.41) is 4.33. The van der Waals surface area contributed by atoms with Crippen molar-refractivity contribution < 1.29 is 9.53 Å². The maximum absolute atomic E-state index is 12.3. The number of methoxy groups -OCH3 is 1. The van der Waals surface area contributed by atoms with E-state index in [0.29, 0.717) is 5.41 Å². The van der Waals surface area contributed by atoms with Crippen LogP contribution in [0.1, 0.15) is 58.1 Å². The molecule has 1 amide bonds. The molecule has 1 aromatic carbocycles. The minimum atomic E-state index is -0.619. The van der Waals surface area contributed by atoms with Gasteiger partial charge < -0.3 is 4.74 Å².